The minimum absolute atomic E-state index is 0.00477. The first-order valence-corrected chi connectivity index (χ1v) is 11.3. The van der Waals surface area contributed by atoms with Crippen LogP contribution in [0.5, 0.6) is 11.5 Å². The first-order valence-electron chi connectivity index (χ1n) is 11.3. The van der Waals surface area contributed by atoms with E-state index < -0.39 is 5.97 Å². The Hall–Kier alpha value is -4.06. The normalized spacial score (nSPS) is 16.4. The van der Waals surface area contributed by atoms with Crippen LogP contribution in [-0.4, -0.2) is 23.0 Å². The lowest BCUT2D eigenvalue weighted by Gasteiger charge is -2.20. The number of fused-ring (bicyclic) bond motifs is 1. The predicted molar refractivity (Wildman–Crippen MR) is 131 cm³/mol. The fraction of sp³-hybridized carbons (Fsp3) is 0.214. The Morgan fingerprint density at radius 1 is 1.09 bits per heavy atom. The number of benzene rings is 2. The molecule has 34 heavy (non-hydrogen) atoms. The third kappa shape index (κ3) is 6.04. The summed E-state index contributed by atoms with van der Waals surface area (Å²) >= 11 is 0. The van der Waals surface area contributed by atoms with Crippen LogP contribution in [0.1, 0.15) is 30.0 Å². The van der Waals surface area contributed by atoms with Crippen LogP contribution in [-0.2, 0) is 22.6 Å². The third-order valence-electron chi connectivity index (χ3n) is 5.72. The van der Waals surface area contributed by atoms with Gasteiger partial charge < -0.3 is 20.5 Å². The van der Waals surface area contributed by atoms with Gasteiger partial charge >= 0.3 is 5.97 Å². The van der Waals surface area contributed by atoms with Gasteiger partial charge in [0.15, 0.2) is 0 Å². The number of aryl methyl sites for hydroxylation is 2. The molecule has 2 aromatic rings. The molecule has 0 saturated heterocycles. The summed E-state index contributed by atoms with van der Waals surface area (Å²) in [4.78, 5) is 23.6. The molecule has 0 radical (unpaired) electrons. The molecular formula is C28H28N2O4. The van der Waals surface area contributed by atoms with Crippen molar-refractivity contribution >= 4 is 11.9 Å². The number of dihydropyridines is 1. The first kappa shape index (κ1) is 23.1. The number of hydrogen-bond donors (Lipinski definition) is 3. The molecule has 1 amide bonds. The molecule has 3 N–H and O–H groups in total. The number of carboxylic acid groups (broad SMARTS) is 1. The van der Waals surface area contributed by atoms with Gasteiger partial charge in [-0.25, -0.2) is 0 Å². The molecule has 174 valence electrons. The van der Waals surface area contributed by atoms with E-state index >= 15 is 0 Å². The predicted octanol–water partition coefficient (Wildman–Crippen LogP) is 4.72. The second-order valence-electron chi connectivity index (χ2n) is 8.56. The summed E-state index contributed by atoms with van der Waals surface area (Å²) in [6, 6.07) is 13.3. The van der Waals surface area contributed by atoms with Crippen molar-refractivity contribution in [3.63, 3.8) is 0 Å². The van der Waals surface area contributed by atoms with Gasteiger partial charge in [0, 0.05) is 13.0 Å². The molecule has 1 atom stereocenters. The van der Waals surface area contributed by atoms with Gasteiger partial charge in [-0.3, -0.25) is 9.59 Å². The van der Waals surface area contributed by atoms with Gasteiger partial charge in [0.1, 0.15) is 17.2 Å². The molecule has 1 unspecified atom stereocenters. The number of hydrogen-bond acceptors (Lipinski definition) is 4. The van der Waals surface area contributed by atoms with E-state index in [1.807, 2.05) is 74.5 Å². The topological polar surface area (TPSA) is 87.7 Å². The standard InChI is InChI=1S/C28H28N2O4/c1-18-6-9-23-14-21(12-18)16-26(30-23)28(33)29-17-20-4-3-5-24(15-20)34-25-10-7-22(19(2)13-25)8-11-27(31)32/h3-7,9-10,12-16,23,30H,8,11,17H2,1-2H3,(H,29,33)(H,31,32). The Balaban J connectivity index is 1.36. The van der Waals surface area contributed by atoms with Crippen molar-refractivity contribution in [2.45, 2.75) is 39.3 Å². The minimum atomic E-state index is -0.807. The SMILES string of the molecule is CC1=CC2=CC(C=C1)NC(C(=O)NCc1cccc(Oc3ccc(CCC(=O)O)c(C)c3)c1)=C2. The lowest BCUT2D eigenvalue weighted by molar-refractivity contribution is -0.137. The third-order valence-corrected chi connectivity index (χ3v) is 5.72. The van der Waals surface area contributed by atoms with Gasteiger partial charge in [-0.2, -0.15) is 0 Å². The largest absolute Gasteiger partial charge is 0.481 e. The van der Waals surface area contributed by atoms with Crippen LogP contribution in [0, 0.1) is 6.92 Å². The number of ether oxygens (including phenoxy) is 1. The average Bonchev–Trinajstić information content (AvgIpc) is 2.93. The lowest BCUT2D eigenvalue weighted by Crippen LogP contribution is -2.37. The molecule has 1 aliphatic carbocycles. The molecule has 0 saturated carbocycles. The van der Waals surface area contributed by atoms with E-state index in [-0.39, 0.29) is 18.4 Å². The van der Waals surface area contributed by atoms with Gasteiger partial charge in [-0.15, -0.1) is 0 Å². The fourth-order valence-electron chi connectivity index (χ4n) is 3.96. The summed E-state index contributed by atoms with van der Waals surface area (Å²) in [7, 11) is 0. The van der Waals surface area contributed by atoms with E-state index in [1.54, 1.807) is 0 Å². The maximum absolute atomic E-state index is 12.8. The van der Waals surface area contributed by atoms with Crippen LogP contribution >= 0.6 is 0 Å². The number of rotatable bonds is 8. The highest BCUT2D eigenvalue weighted by atomic mass is 16.5. The molecule has 2 bridgehead atoms. The van der Waals surface area contributed by atoms with E-state index in [0.717, 1.165) is 27.8 Å². The summed E-state index contributed by atoms with van der Waals surface area (Å²) in [5.74, 6) is 0.386. The van der Waals surface area contributed by atoms with E-state index in [9.17, 15) is 9.59 Å². The number of nitrogens with one attached hydrogen (secondary N) is 2. The van der Waals surface area contributed by atoms with E-state index in [2.05, 4.69) is 22.8 Å². The molecule has 6 nitrogen and oxygen atoms in total. The first-order chi connectivity index (χ1) is 16.4. The van der Waals surface area contributed by atoms with Gasteiger partial charge in [0.2, 0.25) is 0 Å². The van der Waals surface area contributed by atoms with Crippen LogP contribution in [0.25, 0.3) is 0 Å². The quantitative estimate of drug-likeness (QED) is 0.535. The zero-order chi connectivity index (χ0) is 24.1. The second kappa shape index (κ2) is 10.3. The molecule has 1 aliphatic heterocycles. The number of aliphatic carboxylic acids is 1. The number of carboxylic acids is 1. The van der Waals surface area contributed by atoms with Crippen molar-refractivity contribution in [1.82, 2.24) is 10.6 Å². The molecule has 0 aromatic heterocycles. The van der Waals surface area contributed by atoms with E-state index in [1.165, 1.54) is 0 Å². The van der Waals surface area contributed by atoms with Gasteiger partial charge in [-0.05, 0) is 72.9 Å². The van der Waals surface area contributed by atoms with Crippen molar-refractivity contribution in [2.75, 3.05) is 0 Å². The van der Waals surface area contributed by atoms with Crippen LogP contribution in [0.2, 0.25) is 0 Å². The zero-order valence-electron chi connectivity index (χ0n) is 19.3. The van der Waals surface area contributed by atoms with Crippen molar-refractivity contribution < 1.29 is 19.4 Å². The highest BCUT2D eigenvalue weighted by Crippen LogP contribution is 2.25. The van der Waals surface area contributed by atoms with Gasteiger partial charge in [-0.1, -0.05) is 48.1 Å². The van der Waals surface area contributed by atoms with Gasteiger partial charge in [0.05, 0.1) is 6.04 Å². The molecule has 1 heterocycles. The summed E-state index contributed by atoms with van der Waals surface area (Å²) in [5, 5.41) is 15.1. The van der Waals surface area contributed by atoms with Crippen molar-refractivity contribution in [1.29, 1.82) is 0 Å². The van der Waals surface area contributed by atoms with Crippen molar-refractivity contribution in [3.05, 3.63) is 106 Å². The number of amides is 1. The summed E-state index contributed by atoms with van der Waals surface area (Å²) in [6.07, 6.45) is 10.7. The zero-order valence-corrected chi connectivity index (χ0v) is 19.3. The monoisotopic (exact) mass is 456 g/mol. The van der Waals surface area contributed by atoms with Crippen LogP contribution in [0.3, 0.4) is 0 Å². The summed E-state index contributed by atoms with van der Waals surface area (Å²) in [6.45, 7) is 4.36. The van der Waals surface area contributed by atoms with Crippen molar-refractivity contribution in [2.24, 2.45) is 0 Å². The molecule has 2 aromatic carbocycles. The average molecular weight is 457 g/mol. The summed E-state index contributed by atoms with van der Waals surface area (Å²) < 4.78 is 6.00. The van der Waals surface area contributed by atoms with E-state index in [0.29, 0.717) is 30.2 Å². The lowest BCUT2D eigenvalue weighted by atomic mass is 10.0. The molecule has 0 fully saturated rings. The summed E-state index contributed by atoms with van der Waals surface area (Å²) in [5.41, 5.74) is 5.62. The smallest absolute Gasteiger partial charge is 0.303 e. The molecule has 0 spiro atoms. The van der Waals surface area contributed by atoms with Gasteiger partial charge in [0.25, 0.3) is 5.91 Å². The Morgan fingerprint density at radius 3 is 2.71 bits per heavy atom. The number of allylic oxidation sites excluding steroid dienone is 5. The molecule has 4 rings (SSSR count). The minimum Gasteiger partial charge on any atom is -0.481 e. The maximum atomic E-state index is 12.8. The molecule has 6 heteroatoms. The van der Waals surface area contributed by atoms with Crippen LogP contribution in [0.15, 0.2) is 89.7 Å². The number of carbonyl (C=O) groups excluding carboxylic acids is 1. The van der Waals surface area contributed by atoms with E-state index in [4.69, 9.17) is 9.84 Å². The highest BCUT2D eigenvalue weighted by Gasteiger charge is 2.18. The second-order valence-corrected chi connectivity index (χ2v) is 8.56. The maximum Gasteiger partial charge on any atom is 0.303 e. The molecular weight excluding hydrogens is 428 g/mol. The Kier molecular flexibility index (Phi) is 6.97. The van der Waals surface area contributed by atoms with Crippen molar-refractivity contribution in [3.8, 4) is 11.5 Å². The highest BCUT2D eigenvalue weighted by molar-refractivity contribution is 5.94. The Labute approximate surface area is 199 Å². The molecule has 2 aliphatic rings. The fourth-order valence-corrected chi connectivity index (χ4v) is 3.96. The van der Waals surface area contributed by atoms with Crippen LogP contribution < -0.4 is 15.4 Å². The number of carbonyl (C=O) groups is 2. The Bertz CT molecular complexity index is 1240. The van der Waals surface area contributed by atoms with Crippen LogP contribution in [0.4, 0.5) is 0 Å². The Morgan fingerprint density at radius 2 is 1.91 bits per heavy atom.